The molecule has 0 saturated carbocycles. The zero-order chi connectivity index (χ0) is 13.0. The van der Waals surface area contributed by atoms with Crippen molar-refractivity contribution in [1.29, 1.82) is 5.26 Å². The molecule has 0 aliphatic carbocycles. The van der Waals surface area contributed by atoms with E-state index in [9.17, 15) is 5.26 Å². The predicted molar refractivity (Wildman–Crippen MR) is 71.6 cm³/mol. The van der Waals surface area contributed by atoms with Crippen LogP contribution in [-0.4, -0.2) is 49.3 Å². The Labute approximate surface area is 108 Å². The second-order valence-electron chi connectivity index (χ2n) is 4.64. The number of anilines is 1. The molecule has 0 radical (unpaired) electrons. The first-order chi connectivity index (χ1) is 8.76. The molecule has 0 atom stereocenters. The van der Waals surface area contributed by atoms with Crippen molar-refractivity contribution in [3.63, 3.8) is 0 Å². The largest absolute Gasteiger partial charge is 0.395 e. The summed E-state index contributed by atoms with van der Waals surface area (Å²) in [6.45, 7) is 6.73. The van der Waals surface area contributed by atoms with Crippen LogP contribution in [0.4, 0.5) is 5.69 Å². The number of piperazine rings is 1. The van der Waals surface area contributed by atoms with Gasteiger partial charge in [-0.05, 0) is 18.6 Å². The number of rotatable bonds is 3. The van der Waals surface area contributed by atoms with Gasteiger partial charge in [-0.15, -0.1) is 0 Å². The van der Waals surface area contributed by atoms with Gasteiger partial charge in [0, 0.05) is 32.7 Å². The topological polar surface area (TPSA) is 50.5 Å². The Morgan fingerprint density at radius 1 is 1.28 bits per heavy atom. The van der Waals surface area contributed by atoms with Crippen LogP contribution in [0.25, 0.3) is 0 Å². The maximum absolute atomic E-state index is 9.19. The molecule has 1 fully saturated rings. The van der Waals surface area contributed by atoms with Crippen LogP contribution in [0.2, 0.25) is 0 Å². The standard InChI is InChI=1S/C14H19N3O/c1-12-3-2-4-13(11-15)14(12)17-7-5-16(6-8-17)9-10-18/h2-4,18H,5-10H2,1H3. The Hall–Kier alpha value is -1.57. The van der Waals surface area contributed by atoms with E-state index in [1.165, 1.54) is 0 Å². The van der Waals surface area contributed by atoms with Gasteiger partial charge in [0.2, 0.25) is 0 Å². The smallest absolute Gasteiger partial charge is 0.101 e. The molecule has 1 aliphatic heterocycles. The first kappa shape index (κ1) is 12.9. The van der Waals surface area contributed by atoms with Gasteiger partial charge in [0.1, 0.15) is 6.07 Å². The van der Waals surface area contributed by atoms with Crippen LogP contribution >= 0.6 is 0 Å². The fourth-order valence-electron chi connectivity index (χ4n) is 2.51. The molecule has 0 bridgehead atoms. The molecule has 0 unspecified atom stereocenters. The molecule has 4 heteroatoms. The second-order valence-corrected chi connectivity index (χ2v) is 4.64. The number of nitriles is 1. The van der Waals surface area contributed by atoms with Crippen LogP contribution < -0.4 is 4.90 Å². The van der Waals surface area contributed by atoms with E-state index in [-0.39, 0.29) is 6.61 Å². The van der Waals surface area contributed by atoms with Gasteiger partial charge in [-0.3, -0.25) is 4.90 Å². The monoisotopic (exact) mass is 245 g/mol. The number of hydrogen-bond acceptors (Lipinski definition) is 4. The summed E-state index contributed by atoms with van der Waals surface area (Å²) >= 11 is 0. The predicted octanol–water partition coefficient (Wildman–Crippen LogP) is 0.981. The van der Waals surface area contributed by atoms with Crippen LogP contribution in [0.15, 0.2) is 18.2 Å². The fourth-order valence-corrected chi connectivity index (χ4v) is 2.51. The molecule has 2 rings (SSSR count). The summed E-state index contributed by atoms with van der Waals surface area (Å²) in [4.78, 5) is 4.53. The molecule has 1 saturated heterocycles. The molecule has 1 N–H and O–H groups in total. The van der Waals surface area contributed by atoms with Crippen LogP contribution in [0.1, 0.15) is 11.1 Å². The van der Waals surface area contributed by atoms with Crippen molar-refractivity contribution in [2.45, 2.75) is 6.92 Å². The van der Waals surface area contributed by atoms with Crippen LogP contribution in [-0.2, 0) is 0 Å². The highest BCUT2D eigenvalue weighted by atomic mass is 16.3. The van der Waals surface area contributed by atoms with Gasteiger partial charge in [-0.25, -0.2) is 0 Å². The zero-order valence-corrected chi connectivity index (χ0v) is 10.8. The van der Waals surface area contributed by atoms with Crippen molar-refractivity contribution >= 4 is 5.69 Å². The molecule has 1 aliphatic rings. The minimum absolute atomic E-state index is 0.216. The first-order valence-corrected chi connectivity index (χ1v) is 6.34. The van der Waals surface area contributed by atoms with E-state index in [0.717, 1.165) is 49.5 Å². The van der Waals surface area contributed by atoms with Crippen molar-refractivity contribution in [2.24, 2.45) is 0 Å². The molecule has 0 spiro atoms. The normalized spacial score (nSPS) is 16.6. The third-order valence-electron chi connectivity index (χ3n) is 3.46. The van der Waals surface area contributed by atoms with Gasteiger partial charge in [0.15, 0.2) is 0 Å². The number of β-amino-alcohol motifs (C(OH)–C–C–N with tert-alkyl or cyclic N) is 1. The Balaban J connectivity index is 2.13. The highest BCUT2D eigenvalue weighted by Crippen LogP contribution is 2.25. The number of para-hydroxylation sites is 1. The summed E-state index contributed by atoms with van der Waals surface area (Å²) in [5, 5.41) is 18.1. The van der Waals surface area contributed by atoms with Gasteiger partial charge in [0.25, 0.3) is 0 Å². The molecule has 1 aromatic rings. The molecule has 1 heterocycles. The van der Waals surface area contributed by atoms with Crippen LogP contribution in [0.3, 0.4) is 0 Å². The lowest BCUT2D eigenvalue weighted by Gasteiger charge is -2.36. The lowest BCUT2D eigenvalue weighted by atomic mass is 10.1. The average molecular weight is 245 g/mol. The maximum Gasteiger partial charge on any atom is 0.101 e. The Morgan fingerprint density at radius 2 is 2.00 bits per heavy atom. The highest BCUT2D eigenvalue weighted by molar-refractivity contribution is 5.64. The highest BCUT2D eigenvalue weighted by Gasteiger charge is 2.19. The molecule has 1 aromatic carbocycles. The van der Waals surface area contributed by atoms with Crippen LogP contribution in [0.5, 0.6) is 0 Å². The summed E-state index contributed by atoms with van der Waals surface area (Å²) in [6, 6.07) is 8.13. The van der Waals surface area contributed by atoms with E-state index >= 15 is 0 Å². The summed E-state index contributed by atoms with van der Waals surface area (Å²) < 4.78 is 0. The van der Waals surface area contributed by atoms with Gasteiger partial charge >= 0.3 is 0 Å². The second kappa shape index (κ2) is 5.85. The molecule has 0 aromatic heterocycles. The molecule has 18 heavy (non-hydrogen) atoms. The van der Waals surface area contributed by atoms with Crippen LogP contribution in [0, 0.1) is 18.3 Å². The number of aliphatic hydroxyl groups excluding tert-OH is 1. The van der Waals surface area contributed by atoms with Crippen molar-refractivity contribution in [3.05, 3.63) is 29.3 Å². The summed E-state index contributed by atoms with van der Waals surface area (Å²) in [5.41, 5.74) is 2.99. The molecular weight excluding hydrogens is 226 g/mol. The first-order valence-electron chi connectivity index (χ1n) is 6.34. The molecule has 0 amide bonds. The van der Waals surface area contributed by atoms with E-state index in [0.29, 0.717) is 0 Å². The van der Waals surface area contributed by atoms with Gasteiger partial charge in [-0.1, -0.05) is 12.1 Å². The Bertz CT molecular complexity index is 445. The van der Waals surface area contributed by atoms with Crippen molar-refractivity contribution in [1.82, 2.24) is 4.90 Å². The third-order valence-corrected chi connectivity index (χ3v) is 3.46. The minimum atomic E-state index is 0.216. The van der Waals surface area contributed by atoms with Crippen molar-refractivity contribution in [3.8, 4) is 6.07 Å². The Morgan fingerprint density at radius 3 is 2.61 bits per heavy atom. The van der Waals surface area contributed by atoms with E-state index in [4.69, 9.17) is 5.11 Å². The SMILES string of the molecule is Cc1cccc(C#N)c1N1CCN(CCO)CC1. The number of nitrogens with zero attached hydrogens (tertiary/aromatic N) is 3. The van der Waals surface area contributed by atoms with E-state index < -0.39 is 0 Å². The minimum Gasteiger partial charge on any atom is -0.395 e. The fraction of sp³-hybridized carbons (Fsp3) is 0.500. The van der Waals surface area contributed by atoms with Gasteiger partial charge in [0.05, 0.1) is 17.9 Å². The molecular formula is C14H19N3O. The molecule has 4 nitrogen and oxygen atoms in total. The van der Waals surface area contributed by atoms with E-state index in [1.807, 2.05) is 12.1 Å². The van der Waals surface area contributed by atoms with Crippen molar-refractivity contribution in [2.75, 3.05) is 44.2 Å². The summed E-state index contributed by atoms with van der Waals surface area (Å²) in [5.74, 6) is 0. The summed E-state index contributed by atoms with van der Waals surface area (Å²) in [6.07, 6.45) is 0. The lowest BCUT2D eigenvalue weighted by molar-refractivity contribution is 0.188. The Kier molecular flexibility index (Phi) is 4.19. The number of aliphatic hydroxyl groups is 1. The van der Waals surface area contributed by atoms with Gasteiger partial charge in [-0.2, -0.15) is 5.26 Å². The van der Waals surface area contributed by atoms with E-state index in [2.05, 4.69) is 28.9 Å². The van der Waals surface area contributed by atoms with Crippen molar-refractivity contribution < 1.29 is 5.11 Å². The number of benzene rings is 1. The average Bonchev–Trinajstić information content (AvgIpc) is 2.40. The molecule has 96 valence electrons. The quantitative estimate of drug-likeness (QED) is 0.862. The third kappa shape index (κ3) is 2.63. The number of aryl methyl sites for hydroxylation is 1. The number of hydrogen-bond donors (Lipinski definition) is 1. The lowest BCUT2D eigenvalue weighted by Crippen LogP contribution is -2.47. The zero-order valence-electron chi connectivity index (χ0n) is 10.8. The van der Waals surface area contributed by atoms with Gasteiger partial charge < -0.3 is 10.0 Å². The maximum atomic E-state index is 9.19. The summed E-state index contributed by atoms with van der Waals surface area (Å²) in [7, 11) is 0. The van der Waals surface area contributed by atoms with E-state index in [1.54, 1.807) is 0 Å².